The van der Waals surface area contributed by atoms with E-state index >= 15 is 0 Å². The first kappa shape index (κ1) is 13.8. The summed E-state index contributed by atoms with van der Waals surface area (Å²) in [7, 11) is 0. The summed E-state index contributed by atoms with van der Waals surface area (Å²) in [6.45, 7) is 7.98. The highest BCUT2D eigenvalue weighted by molar-refractivity contribution is 5.82. The van der Waals surface area contributed by atoms with Gasteiger partial charge in [-0.25, -0.2) is 0 Å². The lowest BCUT2D eigenvalue weighted by molar-refractivity contribution is -0.130. The molecule has 4 atom stereocenters. The van der Waals surface area contributed by atoms with Crippen molar-refractivity contribution in [1.82, 2.24) is 10.6 Å². The van der Waals surface area contributed by atoms with Gasteiger partial charge < -0.3 is 15.4 Å². The summed E-state index contributed by atoms with van der Waals surface area (Å²) in [6, 6.07) is 0.151. The van der Waals surface area contributed by atoms with Crippen LogP contribution in [-0.4, -0.2) is 37.2 Å². The lowest BCUT2D eigenvalue weighted by Crippen LogP contribution is -2.57. The molecule has 0 radical (unpaired) electrons. The molecule has 0 spiro atoms. The Morgan fingerprint density at radius 1 is 1.17 bits per heavy atom. The van der Waals surface area contributed by atoms with Gasteiger partial charge in [-0.2, -0.15) is 0 Å². The van der Waals surface area contributed by atoms with Crippen molar-refractivity contribution in [3.8, 4) is 0 Å². The molecule has 0 aromatic heterocycles. The van der Waals surface area contributed by atoms with Gasteiger partial charge in [-0.1, -0.05) is 13.8 Å². The molecule has 104 valence electrons. The molecule has 1 saturated heterocycles. The Hall–Kier alpha value is -0.610. The highest BCUT2D eigenvalue weighted by atomic mass is 16.5. The number of carbonyl (C=O) groups excluding carboxylic acids is 1. The smallest absolute Gasteiger partial charge is 0.240 e. The van der Waals surface area contributed by atoms with Crippen LogP contribution >= 0.6 is 0 Å². The van der Waals surface area contributed by atoms with Crippen LogP contribution in [0.4, 0.5) is 0 Å². The van der Waals surface area contributed by atoms with Crippen LogP contribution in [0, 0.1) is 11.8 Å². The van der Waals surface area contributed by atoms with E-state index in [1.165, 1.54) is 6.42 Å². The molecule has 2 N–H and O–H groups in total. The summed E-state index contributed by atoms with van der Waals surface area (Å²) in [4.78, 5) is 12.2. The fraction of sp³-hybridized carbons (Fsp3) is 0.929. The Kier molecular flexibility index (Phi) is 4.62. The Bertz CT molecular complexity index is 286. The van der Waals surface area contributed by atoms with E-state index in [0.717, 1.165) is 19.4 Å². The number of ether oxygens (including phenoxy) is 1. The van der Waals surface area contributed by atoms with Crippen LogP contribution in [0.1, 0.15) is 40.0 Å². The third-order valence-corrected chi connectivity index (χ3v) is 4.12. The summed E-state index contributed by atoms with van der Waals surface area (Å²) in [5, 5.41) is 6.44. The lowest BCUT2D eigenvalue weighted by atomic mass is 9.80. The van der Waals surface area contributed by atoms with Crippen molar-refractivity contribution in [3.05, 3.63) is 0 Å². The number of hydrogen-bond donors (Lipinski definition) is 2. The van der Waals surface area contributed by atoms with Crippen molar-refractivity contribution in [2.24, 2.45) is 11.8 Å². The molecular formula is C14H26N2O2. The van der Waals surface area contributed by atoms with Gasteiger partial charge in [0.2, 0.25) is 5.91 Å². The summed E-state index contributed by atoms with van der Waals surface area (Å²) >= 11 is 0. The van der Waals surface area contributed by atoms with Gasteiger partial charge in [0, 0.05) is 12.6 Å². The second kappa shape index (κ2) is 6.02. The molecule has 2 rings (SSSR count). The van der Waals surface area contributed by atoms with Crippen LogP contribution in [0.2, 0.25) is 0 Å². The Balaban J connectivity index is 1.86. The number of hydrogen-bond acceptors (Lipinski definition) is 3. The number of nitrogens with one attached hydrogen (secondary N) is 2. The molecule has 4 heteroatoms. The zero-order valence-corrected chi connectivity index (χ0v) is 11.7. The normalized spacial score (nSPS) is 41.4. The monoisotopic (exact) mass is 254 g/mol. The van der Waals surface area contributed by atoms with Gasteiger partial charge in [0.15, 0.2) is 0 Å². The summed E-state index contributed by atoms with van der Waals surface area (Å²) in [5.74, 6) is 1.53. The van der Waals surface area contributed by atoms with Gasteiger partial charge in [-0.3, -0.25) is 4.79 Å². The molecule has 0 aromatic carbocycles. The van der Waals surface area contributed by atoms with Crippen molar-refractivity contribution < 1.29 is 9.53 Å². The minimum absolute atomic E-state index is 0.0304. The van der Waals surface area contributed by atoms with Crippen LogP contribution < -0.4 is 10.6 Å². The summed E-state index contributed by atoms with van der Waals surface area (Å²) in [6.07, 6.45) is 3.47. The average molecular weight is 254 g/mol. The summed E-state index contributed by atoms with van der Waals surface area (Å²) < 4.78 is 5.52. The van der Waals surface area contributed by atoms with Crippen molar-refractivity contribution >= 4 is 5.91 Å². The highest BCUT2D eigenvalue weighted by Crippen LogP contribution is 2.28. The lowest BCUT2D eigenvalue weighted by Gasteiger charge is -2.35. The van der Waals surface area contributed by atoms with Gasteiger partial charge in [0.1, 0.15) is 6.04 Å². The fourth-order valence-electron chi connectivity index (χ4n) is 3.38. The third-order valence-electron chi connectivity index (χ3n) is 4.12. The number of rotatable bonds is 2. The van der Waals surface area contributed by atoms with Crippen LogP contribution in [0.25, 0.3) is 0 Å². The maximum atomic E-state index is 12.2. The second-order valence-corrected chi connectivity index (χ2v) is 6.13. The molecule has 1 heterocycles. The molecule has 4 nitrogen and oxygen atoms in total. The number of morpholine rings is 1. The first-order valence-corrected chi connectivity index (χ1v) is 7.21. The Morgan fingerprint density at radius 2 is 1.83 bits per heavy atom. The molecule has 2 aliphatic rings. The fourth-order valence-corrected chi connectivity index (χ4v) is 3.38. The van der Waals surface area contributed by atoms with Crippen LogP contribution in [-0.2, 0) is 9.53 Å². The van der Waals surface area contributed by atoms with Crippen LogP contribution in [0.15, 0.2) is 0 Å². The minimum Gasteiger partial charge on any atom is -0.375 e. The molecule has 18 heavy (non-hydrogen) atoms. The predicted molar refractivity (Wildman–Crippen MR) is 71.3 cm³/mol. The van der Waals surface area contributed by atoms with E-state index in [-0.39, 0.29) is 18.1 Å². The van der Waals surface area contributed by atoms with Gasteiger partial charge >= 0.3 is 0 Å². The van der Waals surface area contributed by atoms with Crippen molar-refractivity contribution in [2.75, 3.05) is 13.2 Å². The first-order chi connectivity index (χ1) is 8.56. The zero-order valence-electron chi connectivity index (χ0n) is 11.7. The van der Waals surface area contributed by atoms with Crippen molar-refractivity contribution in [2.45, 2.75) is 58.2 Å². The van der Waals surface area contributed by atoms with Crippen LogP contribution in [0.5, 0.6) is 0 Å². The number of carbonyl (C=O) groups is 1. The van der Waals surface area contributed by atoms with E-state index in [1.54, 1.807) is 0 Å². The van der Waals surface area contributed by atoms with Gasteiger partial charge in [-0.05, 0) is 38.0 Å². The molecule has 1 aliphatic heterocycles. The zero-order chi connectivity index (χ0) is 13.1. The van der Waals surface area contributed by atoms with E-state index in [9.17, 15) is 4.79 Å². The Labute approximate surface area is 110 Å². The molecule has 1 saturated carbocycles. The molecule has 1 aliphatic carbocycles. The molecular weight excluding hydrogens is 228 g/mol. The van der Waals surface area contributed by atoms with Gasteiger partial charge in [0.25, 0.3) is 0 Å². The molecule has 2 fully saturated rings. The topological polar surface area (TPSA) is 50.4 Å². The van der Waals surface area contributed by atoms with E-state index in [1.807, 2.05) is 6.92 Å². The van der Waals surface area contributed by atoms with Crippen molar-refractivity contribution in [3.63, 3.8) is 0 Å². The second-order valence-electron chi connectivity index (χ2n) is 6.13. The quantitative estimate of drug-likeness (QED) is 0.781. The SMILES string of the molecule is CC1CC(C)CC(NC(=O)[C@H]2NCCO[C@@H]2C)C1. The number of amides is 1. The molecule has 2 unspecified atom stereocenters. The van der Waals surface area contributed by atoms with Gasteiger partial charge in [0.05, 0.1) is 12.7 Å². The van der Waals surface area contributed by atoms with E-state index < -0.39 is 0 Å². The predicted octanol–water partition coefficient (Wildman–Crippen LogP) is 1.30. The highest BCUT2D eigenvalue weighted by Gasteiger charge is 2.31. The largest absolute Gasteiger partial charge is 0.375 e. The van der Waals surface area contributed by atoms with Crippen molar-refractivity contribution in [1.29, 1.82) is 0 Å². The first-order valence-electron chi connectivity index (χ1n) is 7.21. The third kappa shape index (κ3) is 3.45. The van der Waals surface area contributed by atoms with Gasteiger partial charge in [-0.15, -0.1) is 0 Å². The molecule has 0 aromatic rings. The minimum atomic E-state index is -0.189. The maximum absolute atomic E-state index is 12.2. The Morgan fingerprint density at radius 3 is 2.44 bits per heavy atom. The van der Waals surface area contributed by atoms with E-state index in [2.05, 4.69) is 24.5 Å². The van der Waals surface area contributed by atoms with Crippen LogP contribution in [0.3, 0.4) is 0 Å². The maximum Gasteiger partial charge on any atom is 0.240 e. The van der Waals surface area contributed by atoms with E-state index in [4.69, 9.17) is 4.74 Å². The molecule has 0 bridgehead atoms. The molecule has 1 amide bonds. The standard InChI is InChI=1S/C14H26N2O2/c1-9-6-10(2)8-12(7-9)16-14(17)13-11(3)18-5-4-15-13/h9-13,15H,4-8H2,1-3H3,(H,16,17)/t9?,10?,11-,12?,13+/m1/s1. The van der Waals surface area contributed by atoms with E-state index in [0.29, 0.717) is 24.5 Å². The summed E-state index contributed by atoms with van der Waals surface area (Å²) in [5.41, 5.74) is 0. The average Bonchev–Trinajstić information content (AvgIpc) is 2.27.